The van der Waals surface area contributed by atoms with E-state index in [1.165, 1.54) is 0 Å². The van der Waals surface area contributed by atoms with Crippen molar-refractivity contribution in [3.63, 3.8) is 0 Å². The maximum Gasteiger partial charge on any atom is 0.416 e. The van der Waals surface area contributed by atoms with Crippen molar-refractivity contribution in [3.05, 3.63) is 33.9 Å². The molecule has 0 unspecified atom stereocenters. The lowest BCUT2D eigenvalue weighted by atomic mass is 10.1. The highest BCUT2D eigenvalue weighted by molar-refractivity contribution is 5.82. The highest BCUT2D eigenvalue weighted by Crippen LogP contribution is 2.34. The molecule has 11 heteroatoms. The molecule has 1 aromatic rings. The van der Waals surface area contributed by atoms with E-state index in [0.717, 1.165) is 6.07 Å². The number of hydrogen-bond donors (Lipinski definition) is 2. The predicted octanol–water partition coefficient (Wildman–Crippen LogP) is 2.73. The van der Waals surface area contributed by atoms with Crippen LogP contribution in [0.5, 0.6) is 0 Å². The summed E-state index contributed by atoms with van der Waals surface area (Å²) in [5.74, 6) is -1.21. The molecule has 0 aliphatic heterocycles. The number of nitrogens with zero attached hydrogens (tertiary/aromatic N) is 1. The Morgan fingerprint density at radius 2 is 1.89 bits per heavy atom. The van der Waals surface area contributed by atoms with Gasteiger partial charge in [0.25, 0.3) is 11.6 Å². The molecule has 1 rings (SSSR count). The van der Waals surface area contributed by atoms with Crippen LogP contribution in [0.3, 0.4) is 0 Å². The number of rotatable bonds is 8. The molecular formula is C16H20F3N3O5. The third-order valence-corrected chi connectivity index (χ3v) is 3.70. The zero-order chi connectivity index (χ0) is 20.8. The molecule has 0 saturated heterocycles. The van der Waals surface area contributed by atoms with Crippen LogP contribution in [0.4, 0.5) is 24.5 Å². The van der Waals surface area contributed by atoms with E-state index in [1.807, 2.05) is 13.8 Å². The van der Waals surface area contributed by atoms with Gasteiger partial charge in [-0.15, -0.1) is 0 Å². The van der Waals surface area contributed by atoms with E-state index in [0.29, 0.717) is 12.1 Å². The van der Waals surface area contributed by atoms with E-state index >= 15 is 0 Å². The molecule has 0 saturated carbocycles. The fourth-order valence-electron chi connectivity index (χ4n) is 1.84. The second-order valence-corrected chi connectivity index (χ2v) is 6.10. The SMILES string of the molecule is CC(C)[C@@H](C)NC(=O)COC(=O)CNc1ccc(C(F)(F)F)cc1[N+](=O)[O-]. The second kappa shape index (κ2) is 9.19. The number of hydrogen-bond acceptors (Lipinski definition) is 6. The number of alkyl halides is 3. The van der Waals surface area contributed by atoms with Gasteiger partial charge in [0.1, 0.15) is 12.2 Å². The lowest BCUT2D eigenvalue weighted by Gasteiger charge is -2.17. The monoisotopic (exact) mass is 391 g/mol. The summed E-state index contributed by atoms with van der Waals surface area (Å²) in [5.41, 5.74) is -2.29. The van der Waals surface area contributed by atoms with Gasteiger partial charge < -0.3 is 15.4 Å². The smallest absolute Gasteiger partial charge is 0.416 e. The van der Waals surface area contributed by atoms with Crippen molar-refractivity contribution >= 4 is 23.3 Å². The van der Waals surface area contributed by atoms with Gasteiger partial charge in [0.2, 0.25) is 0 Å². The Kier molecular flexibility index (Phi) is 7.56. The summed E-state index contributed by atoms with van der Waals surface area (Å²) in [5, 5.41) is 15.9. The van der Waals surface area contributed by atoms with Gasteiger partial charge in [-0.05, 0) is 25.0 Å². The first kappa shape index (κ1) is 22.2. The molecule has 0 spiro atoms. The molecule has 1 amide bonds. The second-order valence-electron chi connectivity index (χ2n) is 6.10. The van der Waals surface area contributed by atoms with Gasteiger partial charge in [-0.3, -0.25) is 19.7 Å². The van der Waals surface area contributed by atoms with Crippen LogP contribution >= 0.6 is 0 Å². The van der Waals surface area contributed by atoms with E-state index in [9.17, 15) is 32.9 Å². The van der Waals surface area contributed by atoms with E-state index in [2.05, 4.69) is 10.6 Å². The fourth-order valence-corrected chi connectivity index (χ4v) is 1.84. The number of nitro groups is 1. The largest absolute Gasteiger partial charge is 0.454 e. The quantitative estimate of drug-likeness (QED) is 0.401. The van der Waals surface area contributed by atoms with Gasteiger partial charge in [0.15, 0.2) is 6.61 Å². The topological polar surface area (TPSA) is 111 Å². The number of nitro benzene ring substituents is 1. The molecule has 0 aliphatic carbocycles. The van der Waals surface area contributed by atoms with Crippen molar-refractivity contribution in [2.75, 3.05) is 18.5 Å². The molecule has 0 fully saturated rings. The summed E-state index contributed by atoms with van der Waals surface area (Å²) in [7, 11) is 0. The van der Waals surface area contributed by atoms with Crippen molar-refractivity contribution in [1.82, 2.24) is 5.32 Å². The van der Waals surface area contributed by atoms with Gasteiger partial charge in [-0.1, -0.05) is 13.8 Å². The zero-order valence-electron chi connectivity index (χ0n) is 14.9. The Morgan fingerprint density at radius 1 is 1.26 bits per heavy atom. The molecule has 0 heterocycles. The zero-order valence-corrected chi connectivity index (χ0v) is 14.9. The Bertz CT molecular complexity index is 707. The molecular weight excluding hydrogens is 371 g/mol. The summed E-state index contributed by atoms with van der Waals surface area (Å²) >= 11 is 0. The number of carbonyl (C=O) groups excluding carboxylic acids is 2. The van der Waals surface area contributed by atoms with Crippen molar-refractivity contribution in [2.24, 2.45) is 5.92 Å². The number of anilines is 1. The van der Waals surface area contributed by atoms with Crippen LogP contribution in [0, 0.1) is 16.0 Å². The molecule has 8 nitrogen and oxygen atoms in total. The Balaban J connectivity index is 2.63. The lowest BCUT2D eigenvalue weighted by Crippen LogP contribution is -2.39. The molecule has 0 radical (unpaired) electrons. The Morgan fingerprint density at radius 3 is 2.41 bits per heavy atom. The minimum absolute atomic E-state index is 0.121. The minimum atomic E-state index is -4.73. The number of benzene rings is 1. The van der Waals surface area contributed by atoms with Crippen molar-refractivity contribution in [3.8, 4) is 0 Å². The maximum atomic E-state index is 12.6. The van der Waals surface area contributed by atoms with Crippen LogP contribution in [0.25, 0.3) is 0 Å². The molecule has 150 valence electrons. The van der Waals surface area contributed by atoms with Crippen LogP contribution in [-0.4, -0.2) is 36.0 Å². The average molecular weight is 391 g/mol. The fraction of sp³-hybridized carbons (Fsp3) is 0.500. The number of nitrogens with one attached hydrogen (secondary N) is 2. The van der Waals surface area contributed by atoms with E-state index in [1.54, 1.807) is 6.92 Å². The highest BCUT2D eigenvalue weighted by Gasteiger charge is 2.33. The summed E-state index contributed by atoms with van der Waals surface area (Å²) in [6.07, 6.45) is -4.73. The first-order valence-corrected chi connectivity index (χ1v) is 7.96. The van der Waals surface area contributed by atoms with Gasteiger partial charge in [0.05, 0.1) is 10.5 Å². The third kappa shape index (κ3) is 7.12. The van der Waals surface area contributed by atoms with Crippen LogP contribution in [0.15, 0.2) is 18.2 Å². The predicted molar refractivity (Wildman–Crippen MR) is 90.0 cm³/mol. The summed E-state index contributed by atoms with van der Waals surface area (Å²) in [6, 6.07) is 1.75. The molecule has 0 bridgehead atoms. The van der Waals surface area contributed by atoms with Crippen molar-refractivity contribution < 1.29 is 32.4 Å². The molecule has 0 aromatic heterocycles. The number of ether oxygens (including phenoxy) is 1. The average Bonchev–Trinajstić information content (AvgIpc) is 2.56. The van der Waals surface area contributed by atoms with E-state index in [4.69, 9.17) is 4.74 Å². The minimum Gasteiger partial charge on any atom is -0.454 e. The van der Waals surface area contributed by atoms with Gasteiger partial charge in [-0.2, -0.15) is 13.2 Å². The first-order chi connectivity index (χ1) is 12.4. The maximum absolute atomic E-state index is 12.6. The van der Waals surface area contributed by atoms with Crippen molar-refractivity contribution in [2.45, 2.75) is 33.0 Å². The molecule has 0 aliphatic rings. The van der Waals surface area contributed by atoms with Crippen LogP contribution in [0.2, 0.25) is 0 Å². The molecule has 27 heavy (non-hydrogen) atoms. The van der Waals surface area contributed by atoms with Crippen LogP contribution < -0.4 is 10.6 Å². The third-order valence-electron chi connectivity index (χ3n) is 3.70. The van der Waals surface area contributed by atoms with Gasteiger partial charge in [-0.25, -0.2) is 0 Å². The van der Waals surface area contributed by atoms with Crippen molar-refractivity contribution in [1.29, 1.82) is 0 Å². The number of carbonyl (C=O) groups is 2. The number of halogens is 3. The number of esters is 1. The van der Waals surface area contributed by atoms with E-state index < -0.39 is 47.4 Å². The summed E-state index contributed by atoms with van der Waals surface area (Å²) in [6.45, 7) is 4.50. The van der Waals surface area contributed by atoms with Gasteiger partial charge in [0, 0.05) is 12.1 Å². The molecule has 1 aromatic carbocycles. The standard InChI is InChI=1S/C16H20F3N3O5/c1-9(2)10(3)21-14(23)8-27-15(24)7-20-12-5-4-11(16(17,18)19)6-13(12)22(25)26/h4-6,9-10,20H,7-8H2,1-3H3,(H,21,23)/t10-/m1/s1. The first-order valence-electron chi connectivity index (χ1n) is 7.96. The van der Waals surface area contributed by atoms with Crippen LogP contribution in [-0.2, 0) is 20.5 Å². The Labute approximate surface area is 153 Å². The molecule has 2 N–H and O–H groups in total. The van der Waals surface area contributed by atoms with Crippen LogP contribution in [0.1, 0.15) is 26.3 Å². The van der Waals surface area contributed by atoms with Gasteiger partial charge >= 0.3 is 12.1 Å². The molecule has 1 atom stereocenters. The number of amides is 1. The summed E-state index contributed by atoms with van der Waals surface area (Å²) < 4.78 is 42.6. The summed E-state index contributed by atoms with van der Waals surface area (Å²) in [4.78, 5) is 33.2. The Hall–Kier alpha value is -2.85. The highest BCUT2D eigenvalue weighted by atomic mass is 19.4. The lowest BCUT2D eigenvalue weighted by molar-refractivity contribution is -0.384. The normalized spacial score (nSPS) is 12.4. The van der Waals surface area contributed by atoms with E-state index in [-0.39, 0.29) is 17.6 Å².